The van der Waals surface area contributed by atoms with Gasteiger partial charge in [-0.1, -0.05) is 64.8 Å². The summed E-state index contributed by atoms with van der Waals surface area (Å²) >= 11 is 0. The van der Waals surface area contributed by atoms with Gasteiger partial charge in [-0.15, -0.1) is 48.5 Å². The van der Waals surface area contributed by atoms with Gasteiger partial charge in [0.05, 0.1) is 29.2 Å². The zero-order chi connectivity index (χ0) is 46.3. The minimum Gasteiger partial charge on any atom is -0.481 e. The van der Waals surface area contributed by atoms with Crippen LogP contribution < -0.4 is 0 Å². The summed E-state index contributed by atoms with van der Waals surface area (Å²) in [4.78, 5) is 8.63. The summed E-state index contributed by atoms with van der Waals surface area (Å²) in [7, 11) is -6.00. The van der Waals surface area contributed by atoms with Gasteiger partial charge in [0.1, 0.15) is 22.9 Å². The Kier molecular flexibility index (Phi) is 21.1. The molecule has 0 amide bonds. The summed E-state index contributed by atoms with van der Waals surface area (Å²) in [5.41, 5.74) is 3.28. The van der Waals surface area contributed by atoms with Crippen molar-refractivity contribution in [2.24, 2.45) is 0 Å². The molecule has 0 N–H and O–H groups in total. The molecule has 0 aliphatic carbocycles. The van der Waals surface area contributed by atoms with E-state index in [-0.39, 0.29) is 53.2 Å². The van der Waals surface area contributed by atoms with Gasteiger partial charge in [0.15, 0.2) is 0 Å². The molecule has 0 radical (unpaired) electrons. The van der Waals surface area contributed by atoms with Crippen molar-refractivity contribution in [1.82, 2.24) is 9.97 Å². The second kappa shape index (κ2) is 23.3. The van der Waals surface area contributed by atoms with E-state index in [0.29, 0.717) is 22.2 Å². The number of hydrogen-bond acceptors (Lipinski definition) is 7. The van der Waals surface area contributed by atoms with Gasteiger partial charge in [-0.2, -0.15) is 42.1 Å². The molecule has 4 aromatic carbocycles. The van der Waals surface area contributed by atoms with Crippen LogP contribution in [0.5, 0.6) is 0 Å². The Labute approximate surface area is 359 Å². The van der Waals surface area contributed by atoms with Gasteiger partial charge in [-0.25, -0.2) is 0 Å². The summed E-state index contributed by atoms with van der Waals surface area (Å²) in [6, 6.07) is 28.4. The van der Waals surface area contributed by atoms with E-state index in [1.807, 2.05) is 24.3 Å². The third-order valence-corrected chi connectivity index (χ3v) is 7.23. The number of halogens is 10. The summed E-state index contributed by atoms with van der Waals surface area (Å²) in [5.74, 6) is 0.273. The zero-order valence-corrected chi connectivity index (χ0v) is 35.8. The number of fused-ring (bicyclic) bond motifs is 2. The summed E-state index contributed by atoms with van der Waals surface area (Å²) < 4.78 is 127. The second-order valence-electron chi connectivity index (χ2n) is 14.0. The first-order valence-electron chi connectivity index (χ1n) is 17.3. The largest absolute Gasteiger partial charge is 3.00 e. The van der Waals surface area contributed by atoms with Crippen molar-refractivity contribution in [3.8, 4) is 41.1 Å². The minimum atomic E-state index is -6.00. The van der Waals surface area contributed by atoms with Crippen molar-refractivity contribution in [2.75, 3.05) is 0 Å². The van der Waals surface area contributed by atoms with E-state index in [2.05, 4.69) is 63.6 Å². The molecule has 2 heterocycles. The Bertz CT molecular complexity index is 2250. The van der Waals surface area contributed by atoms with Crippen molar-refractivity contribution < 1.29 is 71.9 Å². The predicted molar refractivity (Wildman–Crippen MR) is 208 cm³/mol. The molecule has 0 fully saturated rings. The number of hydrogen-bond donors (Lipinski definition) is 0. The van der Waals surface area contributed by atoms with Gasteiger partial charge in [0.2, 0.25) is 0 Å². The molecule has 0 unspecified atom stereocenters. The third-order valence-electron chi connectivity index (χ3n) is 7.23. The molecule has 0 saturated heterocycles. The van der Waals surface area contributed by atoms with Crippen molar-refractivity contribution in [1.29, 1.82) is 15.8 Å². The maximum Gasteiger partial charge on any atom is 3.00 e. The molecule has 0 aliphatic rings. The average molecular weight is 950 g/mol. The molecule has 61 heavy (non-hydrogen) atoms. The van der Waals surface area contributed by atoms with E-state index in [0.717, 1.165) is 35.4 Å². The number of oxazole rings is 2. The molecule has 6 rings (SSSR count). The minimum absolute atomic E-state index is 0. The fourth-order valence-corrected chi connectivity index (χ4v) is 4.55. The average Bonchev–Trinajstić information content (AvgIpc) is 3.75. The molecule has 0 bridgehead atoms. The van der Waals surface area contributed by atoms with Gasteiger partial charge in [-0.3, -0.25) is 9.97 Å². The van der Waals surface area contributed by atoms with E-state index in [1.165, 1.54) is 32.9 Å². The van der Waals surface area contributed by atoms with Crippen molar-refractivity contribution in [3.63, 3.8) is 0 Å². The van der Waals surface area contributed by atoms with Crippen LogP contribution in [0, 0.1) is 46.1 Å². The van der Waals surface area contributed by atoms with Crippen LogP contribution >= 0.6 is 0 Å². The van der Waals surface area contributed by atoms with Crippen molar-refractivity contribution in [3.05, 3.63) is 107 Å². The second-order valence-corrected chi connectivity index (χ2v) is 14.0. The smallest absolute Gasteiger partial charge is 0.481 e. The molecular weight excluding hydrogens is 910 g/mol. The van der Waals surface area contributed by atoms with E-state index >= 15 is 0 Å². The Hall–Kier alpha value is -5.72. The molecule has 0 aliphatic heterocycles. The standard InChI is InChI=1S/2C18H15F3NO.3C2H3N.BF4.Rh/c2*1-17(2,3)12-7-8-15-14(10-12)22-16(23-15)11-5-4-6-13(9-11)18(19,20)21;3*1-2-3;2-1(3,4)5;/h2*4,6-10H,1-3H3;3*1H3;;/q2*-1;;;;-1;+3. The Morgan fingerprint density at radius 2 is 0.803 bits per heavy atom. The zero-order valence-electron chi connectivity index (χ0n) is 34.2. The topological polar surface area (TPSA) is 123 Å². The van der Waals surface area contributed by atoms with Crippen LogP contribution in [0.1, 0.15) is 84.6 Å². The van der Waals surface area contributed by atoms with Crippen LogP contribution in [0.2, 0.25) is 0 Å². The molecule has 0 spiro atoms. The van der Waals surface area contributed by atoms with Gasteiger partial charge in [0.25, 0.3) is 0 Å². The number of rotatable bonds is 2. The summed E-state index contributed by atoms with van der Waals surface area (Å²) in [6.07, 6.45) is -8.81. The van der Waals surface area contributed by atoms with Crippen LogP contribution in [0.3, 0.4) is 0 Å². The number of aromatic nitrogens is 2. The molecular formula is C42H39BF10N5O2Rh. The molecule has 6 aromatic rings. The quantitative estimate of drug-likeness (QED) is 0.0962. The molecule has 0 saturated carbocycles. The molecule has 326 valence electrons. The molecule has 0 atom stereocenters. The van der Waals surface area contributed by atoms with E-state index < -0.39 is 30.7 Å². The third kappa shape index (κ3) is 19.0. The van der Waals surface area contributed by atoms with Crippen molar-refractivity contribution in [2.45, 2.75) is 85.5 Å². The first kappa shape index (κ1) is 55.3. The summed E-state index contributed by atoms with van der Waals surface area (Å²) in [6.45, 7) is 16.8. The fourth-order valence-electron chi connectivity index (χ4n) is 4.55. The van der Waals surface area contributed by atoms with Gasteiger partial charge >= 0.3 is 39.1 Å². The first-order chi connectivity index (χ1) is 27.5. The maximum atomic E-state index is 12.8. The normalized spacial score (nSPS) is 11.0. The van der Waals surface area contributed by atoms with Crippen LogP contribution in [-0.4, -0.2) is 17.2 Å². The van der Waals surface area contributed by atoms with Crippen LogP contribution in [0.25, 0.3) is 45.1 Å². The number of nitrogens with zero attached hydrogens (tertiary/aromatic N) is 5. The molecule has 2 aromatic heterocycles. The SMILES string of the molecule is CC#N.CC#N.CC#N.CC(C)(C)c1ccc2oc(-c3[c-]ccc(C(F)(F)F)c3)nc2c1.CC(C)(C)c1ccc2oc(-c3[c-]ccc(C(F)(F)F)c3)nc2c1.F[B-](F)(F)F.[Rh+3]. The van der Waals surface area contributed by atoms with E-state index in [1.54, 1.807) is 30.3 Å². The maximum absolute atomic E-state index is 12.8. The van der Waals surface area contributed by atoms with Gasteiger partial charge in [-0.05, 0) is 57.3 Å². The van der Waals surface area contributed by atoms with Gasteiger partial charge < -0.3 is 26.1 Å². The van der Waals surface area contributed by atoms with Crippen molar-refractivity contribution >= 4 is 29.5 Å². The Balaban J connectivity index is 0.000000894. The van der Waals surface area contributed by atoms with E-state index in [4.69, 9.17) is 24.6 Å². The Morgan fingerprint density at radius 1 is 0.525 bits per heavy atom. The monoisotopic (exact) mass is 949 g/mol. The van der Waals surface area contributed by atoms with E-state index in [9.17, 15) is 43.6 Å². The van der Waals surface area contributed by atoms with Crippen LogP contribution in [0.4, 0.5) is 43.6 Å². The predicted octanol–water partition coefficient (Wildman–Crippen LogP) is 14.1. The molecule has 19 heteroatoms. The number of nitriles is 3. The molecule has 7 nitrogen and oxygen atoms in total. The van der Waals surface area contributed by atoms with Crippen LogP contribution in [-0.2, 0) is 42.7 Å². The first-order valence-corrected chi connectivity index (χ1v) is 17.3. The number of alkyl halides is 6. The Morgan fingerprint density at radius 3 is 1.05 bits per heavy atom. The fraction of sp³-hybridized carbons (Fsp3) is 0.310. The summed E-state index contributed by atoms with van der Waals surface area (Å²) in [5, 5.41) is 22.0. The van der Waals surface area contributed by atoms with Gasteiger partial charge in [0, 0.05) is 20.8 Å². The van der Waals surface area contributed by atoms with Crippen LogP contribution in [0.15, 0.2) is 81.6 Å². The number of benzene rings is 4.